The monoisotopic (exact) mass is 640 g/mol. The number of nitrogens with zero attached hydrogens (tertiary/aromatic N) is 1. The lowest BCUT2D eigenvalue weighted by Crippen LogP contribution is -2.30. The molecule has 2 aromatic rings. The number of phenols is 1. The first kappa shape index (κ1) is 37.3. The number of hydrogen-bond acceptors (Lipinski definition) is 9. The standard InChI is InChI=1S/C32H54N2O7P2/c1-13-38-42(36,39-14-2)30(43(37,40-15-3)41-16-4)28(23-17-19-25(20-18-23)34(11)12)33-27-22-24(31(5,6)7)21-26(29(27)35)32(8,9)10/h17-22,28,30,33,35H,13-16H2,1-12H3. The molecule has 0 spiro atoms. The molecule has 0 aliphatic rings. The normalized spacial score (nSPS) is 13.8. The average molecular weight is 641 g/mol. The van der Waals surface area contributed by atoms with Crippen molar-refractivity contribution in [3.63, 3.8) is 0 Å². The van der Waals surface area contributed by atoms with Gasteiger partial charge in [0.15, 0.2) is 5.40 Å². The summed E-state index contributed by atoms with van der Waals surface area (Å²) in [7, 11) is -4.47. The Morgan fingerprint density at radius 3 is 1.56 bits per heavy atom. The van der Waals surface area contributed by atoms with Crippen molar-refractivity contribution in [1.29, 1.82) is 0 Å². The molecule has 0 saturated carbocycles. The third-order valence-corrected chi connectivity index (χ3v) is 13.1. The zero-order valence-corrected chi connectivity index (χ0v) is 30.0. The number of benzene rings is 2. The molecule has 2 rings (SSSR count). The molecule has 0 bridgehead atoms. The lowest BCUT2D eigenvalue weighted by molar-refractivity contribution is 0.192. The first-order chi connectivity index (χ1) is 19.9. The number of hydrogen-bond donors (Lipinski definition) is 2. The van der Waals surface area contributed by atoms with Gasteiger partial charge in [-0.15, -0.1) is 0 Å². The van der Waals surface area contributed by atoms with Crippen molar-refractivity contribution in [3.05, 3.63) is 53.1 Å². The molecule has 9 nitrogen and oxygen atoms in total. The van der Waals surface area contributed by atoms with E-state index in [1.807, 2.05) is 76.2 Å². The highest BCUT2D eigenvalue weighted by molar-refractivity contribution is 7.72. The molecule has 244 valence electrons. The molecule has 0 saturated heterocycles. The summed E-state index contributed by atoms with van der Waals surface area (Å²) in [6.45, 7) is 19.5. The molecule has 0 amide bonds. The van der Waals surface area contributed by atoms with Crippen LogP contribution in [-0.4, -0.2) is 51.0 Å². The lowest BCUT2D eigenvalue weighted by atomic mass is 9.79. The van der Waals surface area contributed by atoms with Crippen LogP contribution in [0.4, 0.5) is 11.4 Å². The summed E-state index contributed by atoms with van der Waals surface area (Å²) in [4.78, 5) is 1.97. The van der Waals surface area contributed by atoms with Crippen LogP contribution in [0.1, 0.15) is 92.0 Å². The number of rotatable bonds is 15. The quantitative estimate of drug-likeness (QED) is 0.146. The maximum Gasteiger partial charge on any atom is 0.348 e. The third kappa shape index (κ3) is 9.09. The van der Waals surface area contributed by atoms with Crippen molar-refractivity contribution < 1.29 is 32.3 Å². The molecule has 2 aromatic carbocycles. The summed E-state index contributed by atoms with van der Waals surface area (Å²) in [5.41, 5.74) is 3.10. The summed E-state index contributed by atoms with van der Waals surface area (Å²) < 4.78 is 52.9. The van der Waals surface area contributed by atoms with E-state index in [4.69, 9.17) is 18.1 Å². The van der Waals surface area contributed by atoms with Crippen LogP contribution in [-0.2, 0) is 38.1 Å². The highest BCUT2D eigenvalue weighted by atomic mass is 31.2. The Morgan fingerprint density at radius 1 is 0.767 bits per heavy atom. The van der Waals surface area contributed by atoms with Crippen LogP contribution in [0.25, 0.3) is 0 Å². The molecule has 0 aliphatic heterocycles. The minimum Gasteiger partial charge on any atom is -0.505 e. The van der Waals surface area contributed by atoms with Crippen molar-refractivity contribution in [2.24, 2.45) is 0 Å². The number of aromatic hydroxyl groups is 1. The van der Waals surface area contributed by atoms with E-state index in [1.54, 1.807) is 27.7 Å². The maximum absolute atomic E-state index is 14.7. The first-order valence-electron chi connectivity index (χ1n) is 15.1. The van der Waals surface area contributed by atoms with Gasteiger partial charge in [0.05, 0.1) is 38.2 Å². The average Bonchev–Trinajstić information content (AvgIpc) is 2.88. The van der Waals surface area contributed by atoms with E-state index < -0.39 is 26.6 Å². The topological polar surface area (TPSA) is 107 Å². The molecule has 1 unspecified atom stereocenters. The fraction of sp³-hybridized carbons (Fsp3) is 0.625. The van der Waals surface area contributed by atoms with Gasteiger partial charge in [-0.1, -0.05) is 59.7 Å². The summed E-state index contributed by atoms with van der Waals surface area (Å²) in [5, 5.41) is 13.7. The van der Waals surface area contributed by atoms with Gasteiger partial charge in [0.2, 0.25) is 0 Å². The largest absolute Gasteiger partial charge is 0.505 e. The summed E-state index contributed by atoms with van der Waals surface area (Å²) in [6, 6.07) is 10.5. The van der Waals surface area contributed by atoms with Gasteiger partial charge in [0.1, 0.15) is 5.75 Å². The van der Waals surface area contributed by atoms with Gasteiger partial charge in [-0.3, -0.25) is 9.13 Å². The molecular formula is C32H54N2O7P2. The van der Waals surface area contributed by atoms with Crippen LogP contribution in [0.15, 0.2) is 36.4 Å². The fourth-order valence-electron chi connectivity index (χ4n) is 4.86. The zero-order valence-electron chi connectivity index (χ0n) is 28.2. The maximum atomic E-state index is 14.7. The molecular weight excluding hydrogens is 586 g/mol. The predicted molar refractivity (Wildman–Crippen MR) is 178 cm³/mol. The molecule has 2 N–H and O–H groups in total. The molecule has 1 atom stereocenters. The van der Waals surface area contributed by atoms with Crippen molar-refractivity contribution in [2.75, 3.05) is 50.7 Å². The van der Waals surface area contributed by atoms with E-state index in [0.29, 0.717) is 11.3 Å². The summed E-state index contributed by atoms with van der Waals surface area (Å²) >= 11 is 0. The zero-order chi connectivity index (χ0) is 32.8. The van der Waals surface area contributed by atoms with Crippen LogP contribution < -0.4 is 10.2 Å². The van der Waals surface area contributed by atoms with Crippen molar-refractivity contribution in [1.82, 2.24) is 0 Å². The summed E-state index contributed by atoms with van der Waals surface area (Å²) in [5.74, 6) is 0.0551. The predicted octanol–water partition coefficient (Wildman–Crippen LogP) is 9.06. The summed E-state index contributed by atoms with van der Waals surface area (Å²) in [6.07, 6.45) is 0. The van der Waals surface area contributed by atoms with E-state index in [1.165, 1.54) is 0 Å². The number of anilines is 2. The first-order valence-corrected chi connectivity index (χ1v) is 18.3. The highest BCUT2D eigenvalue weighted by Gasteiger charge is 2.56. The molecule has 0 radical (unpaired) electrons. The minimum absolute atomic E-state index is 0.0528. The van der Waals surface area contributed by atoms with Crippen molar-refractivity contribution >= 4 is 26.6 Å². The molecule has 0 fully saturated rings. The highest BCUT2D eigenvalue weighted by Crippen LogP contribution is 2.74. The Balaban J connectivity index is 3.03. The molecule has 0 aliphatic carbocycles. The lowest BCUT2D eigenvalue weighted by Gasteiger charge is -2.38. The second kappa shape index (κ2) is 14.9. The van der Waals surface area contributed by atoms with E-state index >= 15 is 0 Å². The Hall–Kier alpha value is -1.86. The molecule has 43 heavy (non-hydrogen) atoms. The van der Waals surface area contributed by atoms with Gasteiger partial charge < -0.3 is 33.4 Å². The Labute approximate surface area is 259 Å². The fourth-order valence-corrected chi connectivity index (χ4v) is 10.5. The van der Waals surface area contributed by atoms with Crippen molar-refractivity contribution in [2.45, 2.75) is 91.5 Å². The van der Waals surface area contributed by atoms with Gasteiger partial charge in [-0.2, -0.15) is 0 Å². The van der Waals surface area contributed by atoms with Crippen LogP contribution in [0, 0.1) is 0 Å². The third-order valence-electron chi connectivity index (χ3n) is 7.05. The SMILES string of the molecule is CCOP(=O)(OCC)C(C(Nc1cc(C(C)(C)C)cc(C(C)(C)C)c1O)c1ccc(N(C)C)cc1)P(=O)(OCC)OCC. The minimum atomic E-state index is -4.17. The molecule has 0 heterocycles. The Morgan fingerprint density at radius 2 is 1.21 bits per heavy atom. The van der Waals surface area contributed by atoms with Gasteiger partial charge in [-0.05, 0) is 67.9 Å². The van der Waals surface area contributed by atoms with E-state index in [0.717, 1.165) is 16.8 Å². The van der Waals surface area contributed by atoms with Crippen LogP contribution in [0.3, 0.4) is 0 Å². The van der Waals surface area contributed by atoms with Crippen LogP contribution in [0.2, 0.25) is 0 Å². The second-order valence-electron chi connectivity index (χ2n) is 12.7. The van der Waals surface area contributed by atoms with E-state index in [-0.39, 0.29) is 43.0 Å². The number of nitrogens with one attached hydrogen (secondary N) is 1. The molecule has 0 aromatic heterocycles. The van der Waals surface area contributed by atoms with Gasteiger partial charge in [0.25, 0.3) is 0 Å². The van der Waals surface area contributed by atoms with E-state index in [9.17, 15) is 14.2 Å². The van der Waals surface area contributed by atoms with Crippen LogP contribution >= 0.6 is 15.2 Å². The molecule has 11 heteroatoms. The van der Waals surface area contributed by atoms with Crippen molar-refractivity contribution in [3.8, 4) is 5.75 Å². The van der Waals surface area contributed by atoms with Gasteiger partial charge >= 0.3 is 15.2 Å². The Kier molecular flexibility index (Phi) is 13.0. The smallest absolute Gasteiger partial charge is 0.348 e. The number of phenolic OH excluding ortho intramolecular Hbond substituents is 1. The van der Waals surface area contributed by atoms with Gasteiger partial charge in [0, 0.05) is 25.3 Å². The Bertz CT molecular complexity index is 1230. The van der Waals surface area contributed by atoms with Crippen LogP contribution in [0.5, 0.6) is 5.75 Å². The van der Waals surface area contributed by atoms with E-state index in [2.05, 4.69) is 26.1 Å². The second-order valence-corrected chi connectivity index (χ2v) is 17.4. The van der Waals surface area contributed by atoms with Gasteiger partial charge in [-0.25, -0.2) is 0 Å².